The lowest BCUT2D eigenvalue weighted by Gasteiger charge is -2.26. The molecule has 5 heteroatoms. The minimum atomic E-state index is -0.808. The molecule has 2 aromatic rings. The molecule has 0 aliphatic heterocycles. The van der Waals surface area contributed by atoms with Crippen molar-refractivity contribution in [1.82, 2.24) is 0 Å². The molecule has 0 aliphatic carbocycles. The fourth-order valence-electron chi connectivity index (χ4n) is 2.13. The molecule has 0 spiro atoms. The maximum Gasteiger partial charge on any atom is 0.348 e. The van der Waals surface area contributed by atoms with Gasteiger partial charge in [0.2, 0.25) is 6.41 Å². The summed E-state index contributed by atoms with van der Waals surface area (Å²) in [7, 11) is 0. The Morgan fingerprint density at radius 2 is 1.67 bits per heavy atom. The van der Waals surface area contributed by atoms with Crippen molar-refractivity contribution in [2.24, 2.45) is 5.90 Å². The standard InChI is InChI=1S/C16H16N2O3/c17-21-16(20)15(11-13-7-3-1-4-8-13)18(12-19)14-9-5-2-6-10-14/h1-10,12,15H,11,17H2/t15-/m0/s1. The topological polar surface area (TPSA) is 72.6 Å². The average molecular weight is 284 g/mol. The zero-order valence-corrected chi connectivity index (χ0v) is 11.4. The highest BCUT2D eigenvalue weighted by Gasteiger charge is 2.27. The van der Waals surface area contributed by atoms with E-state index in [4.69, 9.17) is 5.90 Å². The van der Waals surface area contributed by atoms with Gasteiger partial charge in [0.15, 0.2) is 0 Å². The number of nitrogens with zero attached hydrogens (tertiary/aromatic N) is 1. The maximum absolute atomic E-state index is 11.9. The molecular weight excluding hydrogens is 268 g/mol. The van der Waals surface area contributed by atoms with E-state index in [1.807, 2.05) is 36.4 Å². The molecule has 0 heterocycles. The van der Waals surface area contributed by atoms with Crippen LogP contribution in [0.1, 0.15) is 5.56 Å². The van der Waals surface area contributed by atoms with Crippen molar-refractivity contribution in [3.05, 3.63) is 66.2 Å². The molecule has 1 atom stereocenters. The van der Waals surface area contributed by atoms with Crippen molar-refractivity contribution in [3.8, 4) is 0 Å². The maximum atomic E-state index is 11.9. The van der Waals surface area contributed by atoms with Crippen molar-refractivity contribution in [2.45, 2.75) is 12.5 Å². The Bertz CT molecular complexity index is 587. The van der Waals surface area contributed by atoms with E-state index >= 15 is 0 Å². The van der Waals surface area contributed by atoms with Gasteiger partial charge in [-0.2, -0.15) is 5.90 Å². The number of amides is 1. The Hall–Kier alpha value is -2.66. The van der Waals surface area contributed by atoms with Gasteiger partial charge in [0, 0.05) is 12.1 Å². The van der Waals surface area contributed by atoms with Crippen molar-refractivity contribution < 1.29 is 14.4 Å². The molecule has 0 saturated heterocycles. The van der Waals surface area contributed by atoms with Gasteiger partial charge in [-0.15, -0.1) is 0 Å². The second kappa shape index (κ2) is 7.21. The first kappa shape index (κ1) is 14.7. The van der Waals surface area contributed by atoms with E-state index in [9.17, 15) is 9.59 Å². The number of rotatable bonds is 6. The summed E-state index contributed by atoms with van der Waals surface area (Å²) in [4.78, 5) is 29.0. The summed E-state index contributed by atoms with van der Waals surface area (Å²) in [5, 5.41) is 0. The Labute approximate surface area is 122 Å². The molecule has 0 unspecified atom stereocenters. The van der Waals surface area contributed by atoms with E-state index in [-0.39, 0.29) is 0 Å². The van der Waals surface area contributed by atoms with Gasteiger partial charge in [0.05, 0.1) is 0 Å². The third-order valence-electron chi connectivity index (χ3n) is 3.16. The lowest BCUT2D eigenvalue weighted by atomic mass is 10.0. The predicted octanol–water partition coefficient (Wildman–Crippen LogP) is 1.68. The number of hydrogen-bond donors (Lipinski definition) is 1. The van der Waals surface area contributed by atoms with Gasteiger partial charge in [0.25, 0.3) is 0 Å². The van der Waals surface area contributed by atoms with Crippen molar-refractivity contribution >= 4 is 18.1 Å². The smallest absolute Gasteiger partial charge is 0.348 e. The Balaban J connectivity index is 2.30. The fraction of sp³-hybridized carbons (Fsp3) is 0.125. The SMILES string of the molecule is NOC(=O)[C@H](Cc1ccccc1)N(C=O)c1ccccc1. The highest BCUT2D eigenvalue weighted by atomic mass is 16.7. The van der Waals surface area contributed by atoms with Gasteiger partial charge in [0.1, 0.15) is 6.04 Å². The number of carbonyl (C=O) groups excluding carboxylic acids is 2. The van der Waals surface area contributed by atoms with Crippen LogP contribution in [0.15, 0.2) is 60.7 Å². The third kappa shape index (κ3) is 3.67. The monoisotopic (exact) mass is 284 g/mol. The number of para-hydroxylation sites is 1. The lowest BCUT2D eigenvalue weighted by Crippen LogP contribution is -2.44. The summed E-state index contributed by atoms with van der Waals surface area (Å²) in [5.41, 5.74) is 1.52. The molecule has 0 fully saturated rings. The summed E-state index contributed by atoms with van der Waals surface area (Å²) >= 11 is 0. The van der Waals surface area contributed by atoms with Crippen LogP contribution < -0.4 is 10.8 Å². The summed E-state index contributed by atoms with van der Waals surface area (Å²) in [6, 6.07) is 17.5. The molecule has 2 N–H and O–H groups in total. The number of carbonyl (C=O) groups is 2. The van der Waals surface area contributed by atoms with Crippen LogP contribution in [0.5, 0.6) is 0 Å². The van der Waals surface area contributed by atoms with Crippen LogP contribution in [0, 0.1) is 0 Å². The largest absolute Gasteiger partial charge is 0.372 e. The highest BCUT2D eigenvalue weighted by molar-refractivity contribution is 5.89. The number of anilines is 1. The Morgan fingerprint density at radius 1 is 1.10 bits per heavy atom. The van der Waals surface area contributed by atoms with Crippen LogP contribution in [0.4, 0.5) is 5.69 Å². The summed E-state index contributed by atoms with van der Waals surface area (Å²) in [5.74, 6) is 4.35. The zero-order chi connectivity index (χ0) is 15.1. The predicted molar refractivity (Wildman–Crippen MR) is 79.2 cm³/mol. The minimum absolute atomic E-state index is 0.324. The molecule has 0 aliphatic rings. The number of nitrogens with two attached hydrogens (primary N) is 1. The lowest BCUT2D eigenvalue weighted by molar-refractivity contribution is -0.146. The van der Waals surface area contributed by atoms with Gasteiger partial charge >= 0.3 is 5.97 Å². The van der Waals surface area contributed by atoms with Crippen LogP contribution in [0.3, 0.4) is 0 Å². The molecule has 1 amide bonds. The van der Waals surface area contributed by atoms with E-state index in [0.717, 1.165) is 5.56 Å². The first-order chi connectivity index (χ1) is 10.3. The first-order valence-electron chi connectivity index (χ1n) is 6.49. The molecule has 2 aromatic carbocycles. The fourth-order valence-corrected chi connectivity index (χ4v) is 2.13. The van der Waals surface area contributed by atoms with Crippen molar-refractivity contribution in [2.75, 3.05) is 4.90 Å². The summed E-state index contributed by atoms with van der Waals surface area (Å²) in [6.07, 6.45) is 0.935. The molecule has 5 nitrogen and oxygen atoms in total. The third-order valence-corrected chi connectivity index (χ3v) is 3.16. The normalized spacial score (nSPS) is 11.5. The van der Waals surface area contributed by atoms with Gasteiger partial charge in [-0.3, -0.25) is 4.79 Å². The average Bonchev–Trinajstić information content (AvgIpc) is 2.56. The van der Waals surface area contributed by atoms with Gasteiger partial charge < -0.3 is 9.74 Å². The number of hydrogen-bond acceptors (Lipinski definition) is 4. The molecule has 2 rings (SSSR count). The molecule has 0 saturated carbocycles. The van der Waals surface area contributed by atoms with Gasteiger partial charge in [-0.05, 0) is 17.7 Å². The van der Waals surface area contributed by atoms with Crippen molar-refractivity contribution in [1.29, 1.82) is 0 Å². The van der Waals surface area contributed by atoms with E-state index < -0.39 is 12.0 Å². The van der Waals surface area contributed by atoms with Crippen LogP contribution in [0.25, 0.3) is 0 Å². The van der Waals surface area contributed by atoms with Crippen LogP contribution in [-0.4, -0.2) is 18.4 Å². The summed E-state index contributed by atoms with van der Waals surface area (Å²) in [6.45, 7) is 0. The Kier molecular flexibility index (Phi) is 5.06. The molecule has 0 aromatic heterocycles. The second-order valence-corrected chi connectivity index (χ2v) is 4.49. The van der Waals surface area contributed by atoms with Crippen LogP contribution in [0.2, 0.25) is 0 Å². The molecule has 108 valence electrons. The van der Waals surface area contributed by atoms with E-state index in [1.165, 1.54) is 4.90 Å². The quantitative estimate of drug-likeness (QED) is 0.647. The second-order valence-electron chi connectivity index (χ2n) is 4.49. The number of benzene rings is 2. The Morgan fingerprint density at radius 3 is 2.19 bits per heavy atom. The summed E-state index contributed by atoms with van der Waals surface area (Å²) < 4.78 is 0. The first-order valence-corrected chi connectivity index (χ1v) is 6.49. The van der Waals surface area contributed by atoms with Gasteiger partial charge in [-0.25, -0.2) is 4.79 Å². The van der Waals surface area contributed by atoms with E-state index in [1.54, 1.807) is 24.3 Å². The molecule has 21 heavy (non-hydrogen) atoms. The van der Waals surface area contributed by atoms with E-state index in [2.05, 4.69) is 4.84 Å². The molecule has 0 radical (unpaired) electrons. The zero-order valence-electron chi connectivity index (χ0n) is 11.4. The molecular formula is C16H16N2O3. The minimum Gasteiger partial charge on any atom is -0.372 e. The van der Waals surface area contributed by atoms with Crippen LogP contribution >= 0.6 is 0 Å². The highest BCUT2D eigenvalue weighted by Crippen LogP contribution is 2.18. The van der Waals surface area contributed by atoms with E-state index in [0.29, 0.717) is 18.5 Å². The van der Waals surface area contributed by atoms with Crippen LogP contribution in [-0.2, 0) is 20.8 Å². The molecule has 0 bridgehead atoms. The van der Waals surface area contributed by atoms with Gasteiger partial charge in [-0.1, -0.05) is 48.5 Å². The van der Waals surface area contributed by atoms with Crippen molar-refractivity contribution in [3.63, 3.8) is 0 Å².